The SMILES string of the molecule is CCOC(=O)c1nn2c(-c3ccc(OC)c(SNC4=CC=C(C#N)CC4)c3)c(C)nc2s1. The standard InChI is InChI=1S/C22H21N5O3S2/c1-4-30-21(28)20-25-27-19(13(2)24-22(27)31-20)15-7-10-17(29-3)18(11-15)32-26-16-8-5-14(12-23)6-9-16/h5,7-8,10-11,26H,4,6,9H2,1-3H3. The molecule has 3 aromatic rings. The number of carbonyl (C=O) groups is 1. The molecule has 2 heterocycles. The molecule has 1 aliphatic rings. The van der Waals surface area contributed by atoms with Crippen LogP contribution in [0.4, 0.5) is 0 Å². The van der Waals surface area contributed by atoms with Crippen molar-refractivity contribution in [3.8, 4) is 23.1 Å². The van der Waals surface area contributed by atoms with E-state index >= 15 is 0 Å². The molecule has 0 spiro atoms. The number of imidazole rings is 1. The summed E-state index contributed by atoms with van der Waals surface area (Å²) < 4.78 is 15.7. The Labute approximate surface area is 193 Å². The number of aromatic nitrogens is 3. The van der Waals surface area contributed by atoms with E-state index in [1.165, 1.54) is 23.3 Å². The van der Waals surface area contributed by atoms with Crippen LogP contribution in [0.5, 0.6) is 5.75 Å². The summed E-state index contributed by atoms with van der Waals surface area (Å²) in [6, 6.07) is 8.06. The lowest BCUT2D eigenvalue weighted by Crippen LogP contribution is -2.06. The minimum Gasteiger partial charge on any atom is -0.496 e. The van der Waals surface area contributed by atoms with Crippen LogP contribution >= 0.6 is 23.3 Å². The predicted molar refractivity (Wildman–Crippen MR) is 124 cm³/mol. The number of nitrogens with zero attached hydrogens (tertiary/aromatic N) is 4. The molecule has 1 aromatic carbocycles. The second-order valence-electron chi connectivity index (χ2n) is 6.93. The Hall–Kier alpha value is -3.29. The molecule has 0 aliphatic heterocycles. The molecule has 0 bridgehead atoms. The monoisotopic (exact) mass is 467 g/mol. The van der Waals surface area contributed by atoms with Crippen molar-refractivity contribution in [1.29, 1.82) is 5.26 Å². The Bertz CT molecular complexity index is 1280. The highest BCUT2D eigenvalue weighted by molar-refractivity contribution is 7.97. The molecule has 4 rings (SSSR count). The summed E-state index contributed by atoms with van der Waals surface area (Å²) in [4.78, 5) is 18.2. The van der Waals surface area contributed by atoms with Crippen molar-refractivity contribution in [3.05, 3.63) is 52.3 Å². The zero-order chi connectivity index (χ0) is 22.7. The fourth-order valence-corrected chi connectivity index (χ4v) is 4.98. The number of esters is 1. The molecule has 0 amide bonds. The second kappa shape index (κ2) is 9.46. The van der Waals surface area contributed by atoms with Gasteiger partial charge in [0.1, 0.15) is 5.75 Å². The van der Waals surface area contributed by atoms with Gasteiger partial charge in [-0.15, -0.1) is 5.10 Å². The molecule has 0 saturated carbocycles. The minimum absolute atomic E-state index is 0.273. The first kappa shape index (κ1) is 21.9. The Balaban J connectivity index is 1.65. The Kier molecular flexibility index (Phi) is 6.48. The van der Waals surface area contributed by atoms with Gasteiger partial charge in [-0.3, -0.25) is 0 Å². The topological polar surface area (TPSA) is 102 Å². The molecule has 0 saturated heterocycles. The Morgan fingerprint density at radius 2 is 2.22 bits per heavy atom. The van der Waals surface area contributed by atoms with Gasteiger partial charge in [0.25, 0.3) is 0 Å². The normalized spacial score (nSPS) is 13.3. The van der Waals surface area contributed by atoms with Crippen LogP contribution in [0.2, 0.25) is 0 Å². The van der Waals surface area contributed by atoms with E-state index in [4.69, 9.17) is 14.7 Å². The molecule has 1 aliphatic carbocycles. The number of nitrogens with one attached hydrogen (secondary N) is 1. The zero-order valence-corrected chi connectivity index (χ0v) is 19.5. The first-order valence-electron chi connectivity index (χ1n) is 9.98. The molecule has 32 heavy (non-hydrogen) atoms. The van der Waals surface area contributed by atoms with Gasteiger partial charge < -0.3 is 14.2 Å². The van der Waals surface area contributed by atoms with Crippen molar-refractivity contribution in [2.24, 2.45) is 0 Å². The van der Waals surface area contributed by atoms with E-state index in [1.54, 1.807) is 18.5 Å². The van der Waals surface area contributed by atoms with Crippen molar-refractivity contribution in [2.45, 2.75) is 31.6 Å². The number of nitriles is 1. The number of hydrogen-bond donors (Lipinski definition) is 1. The minimum atomic E-state index is -0.448. The van der Waals surface area contributed by atoms with Gasteiger partial charge in [-0.25, -0.2) is 14.3 Å². The molecule has 0 fully saturated rings. The van der Waals surface area contributed by atoms with Gasteiger partial charge in [0.05, 0.1) is 36.1 Å². The van der Waals surface area contributed by atoms with Crippen LogP contribution in [0.3, 0.4) is 0 Å². The van der Waals surface area contributed by atoms with Crippen molar-refractivity contribution in [1.82, 2.24) is 19.3 Å². The largest absolute Gasteiger partial charge is 0.496 e. The molecule has 2 aromatic heterocycles. The van der Waals surface area contributed by atoms with Gasteiger partial charge in [0, 0.05) is 16.8 Å². The molecule has 164 valence electrons. The average Bonchev–Trinajstić information content (AvgIpc) is 3.34. The zero-order valence-electron chi connectivity index (χ0n) is 17.8. The third-order valence-electron chi connectivity index (χ3n) is 4.85. The van der Waals surface area contributed by atoms with Crippen LogP contribution in [0, 0.1) is 18.3 Å². The lowest BCUT2D eigenvalue weighted by atomic mass is 10.0. The van der Waals surface area contributed by atoms with Gasteiger partial charge >= 0.3 is 5.97 Å². The lowest BCUT2D eigenvalue weighted by molar-refractivity contribution is 0.0524. The van der Waals surface area contributed by atoms with Gasteiger partial charge in [-0.1, -0.05) is 11.3 Å². The Morgan fingerprint density at radius 3 is 2.91 bits per heavy atom. The molecular weight excluding hydrogens is 446 g/mol. The van der Waals surface area contributed by atoms with Gasteiger partial charge in [0.15, 0.2) is 0 Å². The molecule has 0 radical (unpaired) electrons. The first-order chi connectivity index (χ1) is 15.5. The summed E-state index contributed by atoms with van der Waals surface area (Å²) in [7, 11) is 1.63. The maximum Gasteiger partial charge on any atom is 0.369 e. The summed E-state index contributed by atoms with van der Waals surface area (Å²) in [5, 5.41) is 13.7. The number of benzene rings is 1. The van der Waals surface area contributed by atoms with E-state index in [0.717, 1.165) is 51.7 Å². The van der Waals surface area contributed by atoms with E-state index in [9.17, 15) is 4.79 Å². The van der Waals surface area contributed by atoms with Crippen LogP contribution in [-0.2, 0) is 4.74 Å². The van der Waals surface area contributed by atoms with Gasteiger partial charge in [0.2, 0.25) is 9.97 Å². The summed E-state index contributed by atoms with van der Waals surface area (Å²) in [6.07, 6.45) is 5.29. The van der Waals surface area contributed by atoms with Crippen LogP contribution < -0.4 is 9.46 Å². The molecular formula is C22H21N5O3S2. The van der Waals surface area contributed by atoms with Crippen molar-refractivity contribution in [3.63, 3.8) is 0 Å². The maximum atomic E-state index is 12.1. The third-order valence-corrected chi connectivity index (χ3v) is 6.64. The summed E-state index contributed by atoms with van der Waals surface area (Å²) in [6.45, 7) is 3.98. The molecule has 0 atom stereocenters. The second-order valence-corrected chi connectivity index (χ2v) is 8.74. The number of hydrogen-bond acceptors (Lipinski definition) is 9. The van der Waals surface area contributed by atoms with E-state index in [0.29, 0.717) is 11.6 Å². The summed E-state index contributed by atoms with van der Waals surface area (Å²) in [5.41, 5.74) is 4.37. The van der Waals surface area contributed by atoms with E-state index in [1.807, 2.05) is 37.3 Å². The molecule has 10 heteroatoms. The predicted octanol–water partition coefficient (Wildman–Crippen LogP) is 4.68. The van der Waals surface area contributed by atoms with Crippen molar-refractivity contribution < 1.29 is 14.3 Å². The fraction of sp³-hybridized carbons (Fsp3) is 0.273. The molecule has 0 unspecified atom stereocenters. The van der Waals surface area contributed by atoms with E-state index < -0.39 is 5.97 Å². The summed E-state index contributed by atoms with van der Waals surface area (Å²) in [5.74, 6) is 0.288. The number of methoxy groups -OCH3 is 1. The first-order valence-corrected chi connectivity index (χ1v) is 11.6. The smallest absolute Gasteiger partial charge is 0.369 e. The van der Waals surface area contributed by atoms with Crippen LogP contribution in [0.15, 0.2) is 46.5 Å². The van der Waals surface area contributed by atoms with Crippen molar-refractivity contribution in [2.75, 3.05) is 13.7 Å². The third kappa shape index (κ3) is 4.35. The number of aryl methyl sites for hydroxylation is 1. The number of carbonyl (C=O) groups excluding carboxylic acids is 1. The van der Waals surface area contributed by atoms with E-state index in [-0.39, 0.29) is 5.01 Å². The number of ether oxygens (including phenoxy) is 2. The number of allylic oxidation sites excluding steroid dienone is 4. The van der Waals surface area contributed by atoms with Gasteiger partial charge in [-0.2, -0.15) is 5.26 Å². The number of rotatable bonds is 7. The van der Waals surface area contributed by atoms with Gasteiger partial charge in [-0.05, 0) is 69.0 Å². The summed E-state index contributed by atoms with van der Waals surface area (Å²) >= 11 is 2.66. The fourth-order valence-electron chi connectivity index (χ4n) is 3.30. The average molecular weight is 468 g/mol. The van der Waals surface area contributed by atoms with Crippen LogP contribution in [-0.4, -0.2) is 34.3 Å². The highest BCUT2D eigenvalue weighted by Gasteiger charge is 2.21. The highest BCUT2D eigenvalue weighted by Crippen LogP contribution is 2.35. The van der Waals surface area contributed by atoms with Crippen LogP contribution in [0.1, 0.15) is 35.3 Å². The number of fused-ring (bicyclic) bond motifs is 1. The van der Waals surface area contributed by atoms with Crippen molar-refractivity contribution >= 4 is 34.2 Å². The molecule has 1 N–H and O–H groups in total. The van der Waals surface area contributed by atoms with E-state index in [2.05, 4.69) is 20.9 Å². The quantitative estimate of drug-likeness (QED) is 0.395. The Morgan fingerprint density at radius 1 is 1.38 bits per heavy atom. The molecule has 8 nitrogen and oxygen atoms in total. The highest BCUT2D eigenvalue weighted by atomic mass is 32.2. The van der Waals surface area contributed by atoms with Crippen LogP contribution in [0.25, 0.3) is 16.2 Å². The lowest BCUT2D eigenvalue weighted by Gasteiger charge is -2.15. The maximum absolute atomic E-state index is 12.1.